The van der Waals surface area contributed by atoms with E-state index >= 15 is 0 Å². The van der Waals surface area contributed by atoms with Crippen LogP contribution in [0.1, 0.15) is 67.3 Å². The first-order valence-corrected chi connectivity index (χ1v) is 11.3. The van der Waals surface area contributed by atoms with Crippen molar-refractivity contribution in [1.82, 2.24) is 20.0 Å². The summed E-state index contributed by atoms with van der Waals surface area (Å²) in [5.41, 5.74) is 2.69. The average Bonchev–Trinajstić information content (AvgIpc) is 3.46. The third-order valence-corrected chi connectivity index (χ3v) is 6.53. The summed E-state index contributed by atoms with van der Waals surface area (Å²) in [5.74, 6) is 0.836. The Morgan fingerprint density at radius 3 is 2.63 bits per heavy atom. The van der Waals surface area contributed by atoms with Crippen LogP contribution < -0.4 is 0 Å². The number of fused-ring (bicyclic) bond motifs is 1. The molecular formula is C24H32N4O2. The topological polar surface area (TPSA) is 69.3 Å². The summed E-state index contributed by atoms with van der Waals surface area (Å²) in [4.78, 5) is 30.0. The first kappa shape index (κ1) is 20.6. The molecule has 160 valence electrons. The van der Waals surface area contributed by atoms with Crippen molar-refractivity contribution < 1.29 is 9.59 Å². The van der Waals surface area contributed by atoms with Crippen molar-refractivity contribution in [2.45, 2.75) is 52.0 Å². The Morgan fingerprint density at radius 1 is 1.10 bits per heavy atom. The van der Waals surface area contributed by atoms with E-state index in [0.717, 1.165) is 37.9 Å². The molecule has 2 fully saturated rings. The Morgan fingerprint density at radius 2 is 1.90 bits per heavy atom. The maximum atomic E-state index is 13.1. The predicted octanol–water partition coefficient (Wildman–Crippen LogP) is 3.82. The van der Waals surface area contributed by atoms with Crippen LogP contribution in [-0.4, -0.2) is 51.4 Å². The van der Waals surface area contributed by atoms with Gasteiger partial charge in [0.25, 0.3) is 5.91 Å². The zero-order chi connectivity index (χ0) is 21.1. The molecule has 0 saturated carbocycles. The molecule has 2 aliphatic heterocycles. The summed E-state index contributed by atoms with van der Waals surface area (Å²) in [6.07, 6.45) is 4.47. The van der Waals surface area contributed by atoms with Crippen LogP contribution in [0.4, 0.5) is 0 Å². The Bertz CT molecular complexity index is 878. The van der Waals surface area contributed by atoms with Gasteiger partial charge in [0.2, 0.25) is 5.91 Å². The number of nitrogens with zero attached hydrogens (tertiary/aromatic N) is 3. The molecule has 4 rings (SSSR count). The molecule has 3 atom stereocenters. The number of carbonyl (C=O) groups excluding carboxylic acids is 2. The Labute approximate surface area is 178 Å². The number of likely N-dealkylation sites (tertiary alicyclic amines) is 2. The van der Waals surface area contributed by atoms with Crippen molar-refractivity contribution in [3.63, 3.8) is 0 Å². The van der Waals surface area contributed by atoms with Crippen molar-refractivity contribution in [2.24, 2.45) is 11.8 Å². The fourth-order valence-corrected chi connectivity index (χ4v) is 5.05. The van der Waals surface area contributed by atoms with Crippen LogP contribution in [0.15, 0.2) is 36.4 Å². The fourth-order valence-electron chi connectivity index (χ4n) is 5.05. The van der Waals surface area contributed by atoms with Crippen LogP contribution in [0.5, 0.6) is 0 Å². The highest BCUT2D eigenvalue weighted by atomic mass is 16.2. The van der Waals surface area contributed by atoms with Crippen molar-refractivity contribution >= 4 is 11.8 Å². The van der Waals surface area contributed by atoms with E-state index in [4.69, 9.17) is 0 Å². The van der Waals surface area contributed by atoms with Gasteiger partial charge in [0.1, 0.15) is 5.69 Å². The van der Waals surface area contributed by atoms with Crippen molar-refractivity contribution in [3.05, 3.63) is 53.3 Å². The third kappa shape index (κ3) is 4.00. The lowest BCUT2D eigenvalue weighted by Gasteiger charge is -2.30. The predicted molar refractivity (Wildman–Crippen MR) is 116 cm³/mol. The molecule has 6 heteroatoms. The molecule has 2 amide bonds. The molecule has 1 aromatic carbocycles. The van der Waals surface area contributed by atoms with Gasteiger partial charge in [-0.3, -0.25) is 14.7 Å². The van der Waals surface area contributed by atoms with Crippen molar-refractivity contribution in [2.75, 3.05) is 19.6 Å². The molecule has 0 aliphatic carbocycles. The number of nitrogens with one attached hydrogen (secondary N) is 1. The van der Waals surface area contributed by atoms with Gasteiger partial charge in [0.05, 0.1) is 6.04 Å². The second-order valence-electron chi connectivity index (χ2n) is 8.67. The summed E-state index contributed by atoms with van der Waals surface area (Å²) in [6, 6.07) is 12.2. The SMILES string of the molecule is CCCCC(=O)N1C[C@@H]2CN(C(=O)c3cc(CCC)[nH]n3)C[C@@H]2[C@H]1c1ccccc1. The van der Waals surface area contributed by atoms with Crippen LogP contribution in [0, 0.1) is 11.8 Å². The number of aryl methyl sites for hydroxylation is 1. The molecule has 0 bridgehead atoms. The standard InChI is InChI=1S/C24H32N4O2/c1-3-5-12-22(29)28-15-18-14-27(24(30)21-13-19(9-4-2)25-26-21)16-20(18)23(28)17-10-7-6-8-11-17/h6-8,10-11,13,18,20,23H,3-5,9,12,14-16H2,1-2H3,(H,25,26)/t18-,20-,23+/m0/s1. The van der Waals surface area contributed by atoms with Crippen LogP contribution >= 0.6 is 0 Å². The van der Waals surface area contributed by atoms with E-state index in [-0.39, 0.29) is 23.8 Å². The molecule has 2 saturated heterocycles. The minimum absolute atomic E-state index is 0.00123. The average molecular weight is 409 g/mol. The van der Waals surface area contributed by atoms with Crippen LogP contribution in [0.3, 0.4) is 0 Å². The van der Waals surface area contributed by atoms with E-state index in [0.29, 0.717) is 31.1 Å². The number of hydrogen-bond acceptors (Lipinski definition) is 3. The highest BCUT2D eigenvalue weighted by Crippen LogP contribution is 2.45. The number of hydrogen-bond donors (Lipinski definition) is 1. The molecule has 1 N–H and O–H groups in total. The maximum Gasteiger partial charge on any atom is 0.274 e. The summed E-state index contributed by atoms with van der Waals surface area (Å²) in [6.45, 7) is 6.33. The van der Waals surface area contributed by atoms with Gasteiger partial charge in [0.15, 0.2) is 0 Å². The summed E-state index contributed by atoms with van der Waals surface area (Å²) in [7, 11) is 0. The van der Waals surface area contributed by atoms with E-state index in [9.17, 15) is 9.59 Å². The van der Waals surface area contributed by atoms with Crippen LogP contribution in [-0.2, 0) is 11.2 Å². The zero-order valence-corrected chi connectivity index (χ0v) is 18.0. The number of rotatable bonds is 7. The van der Waals surface area contributed by atoms with E-state index in [1.807, 2.05) is 29.2 Å². The normalized spacial score (nSPS) is 23.1. The minimum atomic E-state index is -0.00123. The molecule has 3 heterocycles. The van der Waals surface area contributed by atoms with Gasteiger partial charge < -0.3 is 9.80 Å². The number of aromatic nitrogens is 2. The summed E-state index contributed by atoms with van der Waals surface area (Å²) >= 11 is 0. The van der Waals surface area contributed by atoms with Gasteiger partial charge in [-0.25, -0.2) is 0 Å². The van der Waals surface area contributed by atoms with Gasteiger partial charge in [-0.05, 0) is 24.5 Å². The van der Waals surface area contributed by atoms with E-state index < -0.39 is 0 Å². The Hall–Kier alpha value is -2.63. The molecule has 0 spiro atoms. The lowest BCUT2D eigenvalue weighted by Crippen LogP contribution is -2.37. The number of H-pyrrole nitrogens is 1. The third-order valence-electron chi connectivity index (χ3n) is 6.53. The number of aromatic amines is 1. The van der Waals surface area contributed by atoms with E-state index in [1.54, 1.807) is 0 Å². The smallest absolute Gasteiger partial charge is 0.274 e. The quantitative estimate of drug-likeness (QED) is 0.757. The molecule has 6 nitrogen and oxygen atoms in total. The van der Waals surface area contributed by atoms with Gasteiger partial charge >= 0.3 is 0 Å². The van der Waals surface area contributed by atoms with Gasteiger partial charge in [-0.2, -0.15) is 5.10 Å². The molecule has 2 aromatic rings. The van der Waals surface area contributed by atoms with E-state index in [1.165, 1.54) is 5.56 Å². The number of unbranched alkanes of at least 4 members (excludes halogenated alkanes) is 1. The summed E-state index contributed by atoms with van der Waals surface area (Å²) in [5, 5.41) is 7.23. The lowest BCUT2D eigenvalue weighted by molar-refractivity contribution is -0.132. The Kier molecular flexibility index (Phi) is 6.21. The second kappa shape index (κ2) is 9.02. The minimum Gasteiger partial charge on any atom is -0.337 e. The number of amides is 2. The van der Waals surface area contributed by atoms with Crippen LogP contribution in [0.2, 0.25) is 0 Å². The molecule has 2 aliphatic rings. The number of carbonyl (C=O) groups is 2. The van der Waals surface area contributed by atoms with Gasteiger partial charge in [-0.15, -0.1) is 0 Å². The van der Waals surface area contributed by atoms with Gasteiger partial charge in [-0.1, -0.05) is 57.0 Å². The fraction of sp³-hybridized carbons (Fsp3) is 0.542. The molecular weight excluding hydrogens is 376 g/mol. The zero-order valence-electron chi connectivity index (χ0n) is 18.0. The van der Waals surface area contributed by atoms with Gasteiger partial charge in [0, 0.05) is 43.6 Å². The van der Waals surface area contributed by atoms with Crippen LogP contribution in [0.25, 0.3) is 0 Å². The monoisotopic (exact) mass is 408 g/mol. The van der Waals surface area contributed by atoms with Crippen molar-refractivity contribution in [1.29, 1.82) is 0 Å². The lowest BCUT2D eigenvalue weighted by atomic mass is 9.89. The summed E-state index contributed by atoms with van der Waals surface area (Å²) < 4.78 is 0. The van der Waals surface area contributed by atoms with E-state index in [2.05, 4.69) is 41.1 Å². The molecule has 0 unspecified atom stereocenters. The highest BCUT2D eigenvalue weighted by Gasteiger charge is 2.50. The van der Waals surface area contributed by atoms with Crippen molar-refractivity contribution in [3.8, 4) is 0 Å². The maximum absolute atomic E-state index is 13.1. The number of benzene rings is 1. The first-order chi connectivity index (χ1) is 14.6. The Balaban J connectivity index is 1.52. The second-order valence-corrected chi connectivity index (χ2v) is 8.67. The molecule has 30 heavy (non-hydrogen) atoms. The highest BCUT2D eigenvalue weighted by molar-refractivity contribution is 5.92. The molecule has 1 aromatic heterocycles. The molecule has 0 radical (unpaired) electrons. The largest absolute Gasteiger partial charge is 0.337 e. The first-order valence-electron chi connectivity index (χ1n) is 11.3.